The number of piperazine rings is 1. The molecule has 2 N–H and O–H groups in total. The summed E-state index contributed by atoms with van der Waals surface area (Å²) < 4.78 is 6.06. The number of rotatable bonds is 10. The van der Waals surface area contributed by atoms with Crippen molar-refractivity contribution in [2.24, 2.45) is 4.99 Å². The predicted molar refractivity (Wildman–Crippen MR) is 138 cm³/mol. The highest BCUT2D eigenvalue weighted by Crippen LogP contribution is 2.20. The monoisotopic (exact) mass is 531 g/mol. The summed E-state index contributed by atoms with van der Waals surface area (Å²) in [6.45, 7) is 13.5. The maximum absolute atomic E-state index is 6.06. The summed E-state index contributed by atoms with van der Waals surface area (Å²) >= 11 is 0. The highest BCUT2D eigenvalue weighted by Gasteiger charge is 2.19. The molecule has 1 heterocycles. The fourth-order valence-electron chi connectivity index (χ4n) is 3.51. The SMILES string of the molecule is CCCCCOc1cc(C)ccc1CNC(=NC)NCC(C)N1CCN(C)CC1.I. The molecule has 6 nitrogen and oxygen atoms in total. The van der Waals surface area contributed by atoms with E-state index in [4.69, 9.17) is 4.74 Å². The van der Waals surface area contributed by atoms with E-state index >= 15 is 0 Å². The Labute approximate surface area is 200 Å². The Bertz CT molecular complexity index is 632. The van der Waals surface area contributed by atoms with E-state index in [0.717, 1.165) is 57.5 Å². The van der Waals surface area contributed by atoms with Crippen LogP contribution >= 0.6 is 24.0 Å². The van der Waals surface area contributed by atoms with Crippen LogP contribution in [-0.4, -0.2) is 75.2 Å². The Kier molecular flexibility index (Phi) is 13.4. The molecule has 172 valence electrons. The summed E-state index contributed by atoms with van der Waals surface area (Å²) in [5.74, 6) is 1.82. The minimum absolute atomic E-state index is 0. The number of guanidine groups is 1. The molecule has 1 aromatic rings. The number of ether oxygens (including phenoxy) is 1. The normalized spacial score (nSPS) is 16.6. The fourth-order valence-corrected chi connectivity index (χ4v) is 3.51. The van der Waals surface area contributed by atoms with E-state index in [-0.39, 0.29) is 24.0 Å². The number of likely N-dealkylation sites (N-methyl/N-ethyl adjacent to an activating group) is 1. The molecule has 1 atom stereocenters. The number of unbranched alkanes of at least 4 members (excludes halogenated alkanes) is 2. The first kappa shape index (κ1) is 27.0. The van der Waals surface area contributed by atoms with Crippen LogP contribution in [0.2, 0.25) is 0 Å². The first-order valence-corrected chi connectivity index (χ1v) is 11.1. The van der Waals surface area contributed by atoms with Crippen LogP contribution in [-0.2, 0) is 6.54 Å². The zero-order valence-electron chi connectivity index (χ0n) is 19.5. The second-order valence-electron chi connectivity index (χ2n) is 8.16. The molecule has 0 aromatic heterocycles. The van der Waals surface area contributed by atoms with Crippen LogP contribution in [0.5, 0.6) is 5.75 Å². The Balaban J connectivity index is 0.00000450. The lowest BCUT2D eigenvalue weighted by molar-refractivity contribution is 0.120. The average molecular weight is 532 g/mol. The van der Waals surface area contributed by atoms with E-state index in [2.05, 4.69) is 71.4 Å². The van der Waals surface area contributed by atoms with Crippen molar-refractivity contribution in [2.45, 2.75) is 52.6 Å². The van der Waals surface area contributed by atoms with Gasteiger partial charge in [0.15, 0.2) is 5.96 Å². The second kappa shape index (κ2) is 14.9. The molecule has 0 aliphatic carbocycles. The van der Waals surface area contributed by atoms with Crippen molar-refractivity contribution in [2.75, 3.05) is 53.4 Å². The number of halogens is 1. The molecule has 2 rings (SSSR count). The molecule has 0 saturated carbocycles. The van der Waals surface area contributed by atoms with E-state index in [1.807, 2.05) is 7.05 Å². The lowest BCUT2D eigenvalue weighted by Gasteiger charge is -2.36. The number of hydrogen-bond donors (Lipinski definition) is 2. The Morgan fingerprint density at radius 1 is 1.17 bits per heavy atom. The van der Waals surface area contributed by atoms with E-state index in [0.29, 0.717) is 12.6 Å². The minimum Gasteiger partial charge on any atom is -0.493 e. The van der Waals surface area contributed by atoms with Crippen molar-refractivity contribution in [3.8, 4) is 5.75 Å². The molecular formula is C23H42IN5O. The van der Waals surface area contributed by atoms with Gasteiger partial charge in [-0.3, -0.25) is 9.89 Å². The van der Waals surface area contributed by atoms with Crippen LogP contribution in [0.25, 0.3) is 0 Å². The van der Waals surface area contributed by atoms with Crippen LogP contribution in [0.4, 0.5) is 0 Å². The summed E-state index contributed by atoms with van der Waals surface area (Å²) in [4.78, 5) is 9.33. The van der Waals surface area contributed by atoms with Crippen molar-refractivity contribution < 1.29 is 4.74 Å². The quantitative estimate of drug-likeness (QED) is 0.210. The third-order valence-electron chi connectivity index (χ3n) is 5.62. The van der Waals surface area contributed by atoms with Crippen LogP contribution in [0, 0.1) is 6.92 Å². The van der Waals surface area contributed by atoms with Crippen LogP contribution in [0.3, 0.4) is 0 Å². The Morgan fingerprint density at radius 3 is 2.57 bits per heavy atom. The van der Waals surface area contributed by atoms with Crippen LogP contribution < -0.4 is 15.4 Å². The molecule has 1 unspecified atom stereocenters. The fraction of sp³-hybridized carbons (Fsp3) is 0.696. The van der Waals surface area contributed by atoms with E-state index in [1.165, 1.54) is 24.0 Å². The van der Waals surface area contributed by atoms with Gasteiger partial charge in [0, 0.05) is 57.9 Å². The van der Waals surface area contributed by atoms with Gasteiger partial charge in [0.25, 0.3) is 0 Å². The second-order valence-corrected chi connectivity index (χ2v) is 8.16. The van der Waals surface area contributed by atoms with Gasteiger partial charge in [0.2, 0.25) is 0 Å². The summed E-state index contributed by atoms with van der Waals surface area (Å²) in [5, 5.41) is 6.93. The molecule has 0 bridgehead atoms. The molecule has 1 aliphatic heterocycles. The van der Waals surface area contributed by atoms with Gasteiger partial charge >= 0.3 is 0 Å². The molecule has 1 saturated heterocycles. The minimum atomic E-state index is 0. The number of aliphatic imine (C=N–C) groups is 1. The topological polar surface area (TPSA) is 52.1 Å². The predicted octanol–water partition coefficient (Wildman–Crippen LogP) is 3.48. The largest absolute Gasteiger partial charge is 0.493 e. The number of nitrogens with one attached hydrogen (secondary N) is 2. The molecule has 0 amide bonds. The zero-order chi connectivity index (χ0) is 21.1. The summed E-state index contributed by atoms with van der Waals surface area (Å²) in [6.07, 6.45) is 3.52. The van der Waals surface area contributed by atoms with Gasteiger partial charge in [0.05, 0.1) is 6.61 Å². The number of aryl methyl sites for hydroxylation is 1. The van der Waals surface area contributed by atoms with Crippen LogP contribution in [0.1, 0.15) is 44.2 Å². The van der Waals surface area contributed by atoms with E-state index in [1.54, 1.807) is 0 Å². The maximum atomic E-state index is 6.06. The lowest BCUT2D eigenvalue weighted by Crippen LogP contribution is -2.52. The van der Waals surface area contributed by atoms with Crippen LogP contribution in [0.15, 0.2) is 23.2 Å². The van der Waals surface area contributed by atoms with Crippen molar-refractivity contribution in [1.82, 2.24) is 20.4 Å². The first-order valence-electron chi connectivity index (χ1n) is 11.1. The van der Waals surface area contributed by atoms with Crippen molar-refractivity contribution in [1.29, 1.82) is 0 Å². The zero-order valence-corrected chi connectivity index (χ0v) is 21.9. The standard InChI is InChI=1S/C23H41N5O.HI/c1-6-7-8-15-29-22-16-19(2)9-10-21(22)18-26-23(24-4)25-17-20(3)28-13-11-27(5)12-14-28;/h9-10,16,20H,6-8,11-15,17-18H2,1-5H3,(H2,24,25,26);1H. The van der Waals surface area contributed by atoms with Gasteiger partial charge in [0.1, 0.15) is 5.75 Å². The molecule has 1 aromatic carbocycles. The number of nitrogens with zero attached hydrogens (tertiary/aromatic N) is 3. The Hall–Kier alpha value is -1.06. The molecule has 0 radical (unpaired) electrons. The highest BCUT2D eigenvalue weighted by atomic mass is 127. The lowest BCUT2D eigenvalue weighted by atomic mass is 10.1. The number of hydrogen-bond acceptors (Lipinski definition) is 4. The first-order chi connectivity index (χ1) is 14.0. The summed E-state index contributed by atoms with van der Waals surface area (Å²) in [5.41, 5.74) is 2.39. The average Bonchev–Trinajstić information content (AvgIpc) is 2.72. The summed E-state index contributed by atoms with van der Waals surface area (Å²) in [7, 11) is 4.02. The van der Waals surface area contributed by atoms with Gasteiger partial charge in [-0.2, -0.15) is 0 Å². The highest BCUT2D eigenvalue weighted by molar-refractivity contribution is 14.0. The van der Waals surface area contributed by atoms with E-state index in [9.17, 15) is 0 Å². The van der Waals surface area contributed by atoms with Gasteiger partial charge < -0.3 is 20.3 Å². The van der Waals surface area contributed by atoms with Crippen molar-refractivity contribution in [3.05, 3.63) is 29.3 Å². The molecule has 7 heteroatoms. The molecule has 0 spiro atoms. The van der Waals surface area contributed by atoms with Crippen molar-refractivity contribution in [3.63, 3.8) is 0 Å². The Morgan fingerprint density at radius 2 is 1.90 bits per heavy atom. The molecular weight excluding hydrogens is 489 g/mol. The van der Waals surface area contributed by atoms with Gasteiger partial charge in [-0.05, 0) is 38.9 Å². The molecule has 1 aliphatic rings. The third-order valence-corrected chi connectivity index (χ3v) is 5.62. The van der Waals surface area contributed by atoms with Gasteiger partial charge in [-0.25, -0.2) is 0 Å². The maximum Gasteiger partial charge on any atom is 0.191 e. The third kappa shape index (κ3) is 9.39. The smallest absolute Gasteiger partial charge is 0.191 e. The molecule has 1 fully saturated rings. The van der Waals surface area contributed by atoms with E-state index < -0.39 is 0 Å². The molecule has 30 heavy (non-hydrogen) atoms. The van der Waals surface area contributed by atoms with Gasteiger partial charge in [-0.15, -0.1) is 24.0 Å². The van der Waals surface area contributed by atoms with Gasteiger partial charge in [-0.1, -0.05) is 31.9 Å². The van der Waals surface area contributed by atoms with Crippen molar-refractivity contribution >= 4 is 29.9 Å². The summed E-state index contributed by atoms with van der Waals surface area (Å²) in [6, 6.07) is 6.91. The number of benzene rings is 1.